The normalized spacial score (nSPS) is 11.7. The molecule has 0 atom stereocenters. The van der Waals surface area contributed by atoms with Crippen LogP contribution in [-0.4, -0.2) is 25.9 Å². The fraction of sp³-hybridized carbons (Fsp3) is 0.400. The van der Waals surface area contributed by atoms with E-state index in [1.54, 1.807) is 18.2 Å². The lowest BCUT2D eigenvalue weighted by Crippen LogP contribution is -2.11. The zero-order chi connectivity index (χ0) is 12.2. The Morgan fingerprint density at radius 2 is 1.75 bits per heavy atom. The third-order valence-electron chi connectivity index (χ3n) is 2.04. The van der Waals surface area contributed by atoms with Crippen molar-refractivity contribution in [3.05, 3.63) is 33.8 Å². The molecule has 0 saturated carbocycles. The molecule has 90 valence electrons. The van der Waals surface area contributed by atoms with Crippen LogP contribution >= 0.6 is 23.2 Å². The molecule has 1 rings (SSSR count). The van der Waals surface area contributed by atoms with Gasteiger partial charge in [-0.05, 0) is 18.6 Å². The van der Waals surface area contributed by atoms with Crippen molar-refractivity contribution < 1.29 is 13.5 Å². The first kappa shape index (κ1) is 13.8. The van der Waals surface area contributed by atoms with Crippen molar-refractivity contribution in [2.45, 2.75) is 12.2 Å². The highest BCUT2D eigenvalue weighted by molar-refractivity contribution is 7.90. The van der Waals surface area contributed by atoms with Gasteiger partial charge in [0.2, 0.25) is 0 Å². The molecule has 0 aliphatic heterocycles. The van der Waals surface area contributed by atoms with E-state index in [1.807, 2.05) is 0 Å². The lowest BCUT2D eigenvalue weighted by Gasteiger charge is -2.07. The van der Waals surface area contributed by atoms with Crippen LogP contribution in [0.5, 0.6) is 0 Å². The molecular weight excluding hydrogens is 271 g/mol. The highest BCUT2D eigenvalue weighted by atomic mass is 35.5. The zero-order valence-electron chi connectivity index (χ0n) is 8.49. The Labute approximate surface area is 105 Å². The molecule has 1 aromatic carbocycles. The quantitative estimate of drug-likeness (QED) is 0.902. The van der Waals surface area contributed by atoms with Crippen LogP contribution in [0.2, 0.25) is 10.0 Å². The average Bonchev–Trinajstić information content (AvgIpc) is 2.21. The number of aliphatic hydroxyl groups is 1. The van der Waals surface area contributed by atoms with Crippen LogP contribution in [0.3, 0.4) is 0 Å². The molecule has 0 unspecified atom stereocenters. The molecule has 0 aromatic heterocycles. The molecule has 16 heavy (non-hydrogen) atoms. The van der Waals surface area contributed by atoms with E-state index < -0.39 is 9.84 Å². The third-order valence-corrected chi connectivity index (χ3v) is 4.39. The van der Waals surface area contributed by atoms with E-state index in [-0.39, 0.29) is 24.5 Å². The van der Waals surface area contributed by atoms with Crippen molar-refractivity contribution >= 4 is 33.0 Å². The molecule has 0 heterocycles. The van der Waals surface area contributed by atoms with E-state index in [9.17, 15) is 8.42 Å². The summed E-state index contributed by atoms with van der Waals surface area (Å²) in [6.07, 6.45) is 0.227. The van der Waals surface area contributed by atoms with Crippen LogP contribution in [0, 0.1) is 0 Å². The summed E-state index contributed by atoms with van der Waals surface area (Å²) in [7, 11) is -3.27. The SMILES string of the molecule is O=S(=O)(CCCO)Cc1c(Cl)cccc1Cl. The lowest BCUT2D eigenvalue weighted by atomic mass is 10.2. The highest BCUT2D eigenvalue weighted by Gasteiger charge is 2.16. The van der Waals surface area contributed by atoms with Gasteiger partial charge in [0.15, 0.2) is 9.84 Å². The Kier molecular flexibility index (Phi) is 5.05. The van der Waals surface area contributed by atoms with Crippen LogP contribution in [0.25, 0.3) is 0 Å². The molecule has 0 fully saturated rings. The Hall–Kier alpha value is -0.290. The minimum absolute atomic E-state index is 0.0644. The molecule has 0 bridgehead atoms. The largest absolute Gasteiger partial charge is 0.396 e. The zero-order valence-corrected chi connectivity index (χ0v) is 10.8. The third kappa shape index (κ3) is 3.94. The molecule has 0 spiro atoms. The number of rotatable bonds is 5. The Morgan fingerprint density at radius 1 is 1.19 bits per heavy atom. The van der Waals surface area contributed by atoms with Crippen molar-refractivity contribution in [3.63, 3.8) is 0 Å². The summed E-state index contributed by atoms with van der Waals surface area (Å²) in [5.41, 5.74) is 0.420. The molecule has 3 nitrogen and oxygen atoms in total. The number of benzene rings is 1. The number of aliphatic hydroxyl groups excluding tert-OH is 1. The first-order valence-corrected chi connectivity index (χ1v) is 7.28. The summed E-state index contributed by atoms with van der Waals surface area (Å²) in [5.74, 6) is -0.253. The molecule has 0 aliphatic carbocycles. The monoisotopic (exact) mass is 282 g/mol. The van der Waals surface area contributed by atoms with E-state index in [2.05, 4.69) is 0 Å². The fourth-order valence-electron chi connectivity index (χ4n) is 1.25. The van der Waals surface area contributed by atoms with Gasteiger partial charge in [0, 0.05) is 22.2 Å². The second kappa shape index (κ2) is 5.87. The Bertz CT molecular complexity index is 437. The minimum atomic E-state index is -3.27. The second-order valence-electron chi connectivity index (χ2n) is 3.37. The number of hydrogen-bond acceptors (Lipinski definition) is 3. The van der Waals surface area contributed by atoms with Crippen LogP contribution in [0.4, 0.5) is 0 Å². The van der Waals surface area contributed by atoms with Crippen molar-refractivity contribution in [2.75, 3.05) is 12.4 Å². The van der Waals surface area contributed by atoms with E-state index >= 15 is 0 Å². The molecule has 0 amide bonds. The van der Waals surface area contributed by atoms with Crippen molar-refractivity contribution in [1.82, 2.24) is 0 Å². The molecule has 1 N–H and O–H groups in total. The average molecular weight is 283 g/mol. The molecule has 0 aliphatic rings. The summed E-state index contributed by atoms with van der Waals surface area (Å²) >= 11 is 11.7. The van der Waals surface area contributed by atoms with Gasteiger partial charge >= 0.3 is 0 Å². The van der Waals surface area contributed by atoms with Gasteiger partial charge in [-0.3, -0.25) is 0 Å². The van der Waals surface area contributed by atoms with Gasteiger partial charge in [0.05, 0.1) is 11.5 Å². The number of halogens is 2. The first-order chi connectivity index (χ1) is 7.46. The molecule has 1 aromatic rings. The smallest absolute Gasteiger partial charge is 0.154 e. The fourth-order valence-corrected chi connectivity index (χ4v) is 3.40. The summed E-state index contributed by atoms with van der Waals surface area (Å²) in [6.45, 7) is -0.143. The molecular formula is C10H12Cl2O3S. The van der Waals surface area contributed by atoms with Gasteiger partial charge in [0.1, 0.15) is 0 Å². The lowest BCUT2D eigenvalue weighted by molar-refractivity contribution is 0.295. The minimum Gasteiger partial charge on any atom is -0.396 e. The van der Waals surface area contributed by atoms with Gasteiger partial charge in [-0.2, -0.15) is 0 Å². The van der Waals surface area contributed by atoms with Gasteiger partial charge in [0.25, 0.3) is 0 Å². The maximum Gasteiger partial charge on any atom is 0.154 e. The van der Waals surface area contributed by atoms with Crippen LogP contribution in [-0.2, 0) is 15.6 Å². The van der Waals surface area contributed by atoms with Crippen LogP contribution in [0.15, 0.2) is 18.2 Å². The maximum absolute atomic E-state index is 11.6. The first-order valence-electron chi connectivity index (χ1n) is 4.70. The van der Waals surface area contributed by atoms with Crippen LogP contribution in [0.1, 0.15) is 12.0 Å². The van der Waals surface area contributed by atoms with E-state index in [4.69, 9.17) is 28.3 Å². The standard InChI is InChI=1S/C10H12Cl2O3S/c11-9-3-1-4-10(12)8(9)7-16(14,15)6-2-5-13/h1,3-4,13H,2,5-7H2. The summed E-state index contributed by atoms with van der Waals surface area (Å²) in [4.78, 5) is 0. The summed E-state index contributed by atoms with van der Waals surface area (Å²) in [5, 5.41) is 9.28. The topological polar surface area (TPSA) is 54.4 Å². The van der Waals surface area contributed by atoms with E-state index in [0.717, 1.165) is 0 Å². The van der Waals surface area contributed by atoms with Gasteiger partial charge < -0.3 is 5.11 Å². The predicted molar refractivity (Wildman–Crippen MR) is 65.7 cm³/mol. The maximum atomic E-state index is 11.6. The van der Waals surface area contributed by atoms with Crippen LogP contribution < -0.4 is 0 Å². The number of hydrogen-bond donors (Lipinski definition) is 1. The van der Waals surface area contributed by atoms with Gasteiger partial charge in [-0.15, -0.1) is 0 Å². The molecule has 0 saturated heterocycles. The second-order valence-corrected chi connectivity index (χ2v) is 6.37. The van der Waals surface area contributed by atoms with Gasteiger partial charge in [-0.25, -0.2) is 8.42 Å². The summed E-state index contributed by atoms with van der Waals surface area (Å²) in [6, 6.07) is 4.86. The van der Waals surface area contributed by atoms with Crippen molar-refractivity contribution in [1.29, 1.82) is 0 Å². The highest BCUT2D eigenvalue weighted by Crippen LogP contribution is 2.26. The molecule has 6 heteroatoms. The van der Waals surface area contributed by atoms with Crippen molar-refractivity contribution in [2.24, 2.45) is 0 Å². The van der Waals surface area contributed by atoms with Gasteiger partial charge in [-0.1, -0.05) is 29.3 Å². The molecule has 0 radical (unpaired) electrons. The Morgan fingerprint density at radius 3 is 2.25 bits per heavy atom. The number of sulfone groups is 1. The predicted octanol–water partition coefficient (Wildman–Crippen LogP) is 2.29. The summed E-state index contributed by atoms with van der Waals surface area (Å²) < 4.78 is 23.3. The van der Waals surface area contributed by atoms with Crippen molar-refractivity contribution in [3.8, 4) is 0 Å². The van der Waals surface area contributed by atoms with E-state index in [1.165, 1.54) is 0 Å². The Balaban J connectivity index is 2.88. The van der Waals surface area contributed by atoms with E-state index in [0.29, 0.717) is 15.6 Å².